The van der Waals surface area contributed by atoms with Crippen LogP contribution in [0.15, 0.2) is 0 Å². The SMILES string of the molecule is CCCCCCCCCCCCCCCCCCCC(=O)OC(CC)CCCCCCCCCCC(=O)O. The van der Waals surface area contributed by atoms with E-state index in [0.717, 1.165) is 51.4 Å². The zero-order valence-corrected chi connectivity index (χ0v) is 25.8. The Balaban J connectivity index is 3.39. The number of aliphatic carboxylic acids is 1. The Morgan fingerprint density at radius 2 is 0.842 bits per heavy atom. The van der Waals surface area contributed by atoms with Crippen molar-refractivity contribution >= 4 is 11.9 Å². The molecule has 0 spiro atoms. The van der Waals surface area contributed by atoms with Gasteiger partial charge in [-0.3, -0.25) is 9.59 Å². The molecule has 0 aliphatic rings. The summed E-state index contributed by atoms with van der Waals surface area (Å²) in [7, 11) is 0. The molecule has 4 heteroatoms. The van der Waals surface area contributed by atoms with E-state index >= 15 is 0 Å². The lowest BCUT2D eigenvalue weighted by Gasteiger charge is -2.16. The van der Waals surface area contributed by atoms with Crippen molar-refractivity contribution in [3.63, 3.8) is 0 Å². The van der Waals surface area contributed by atoms with Crippen molar-refractivity contribution in [1.29, 1.82) is 0 Å². The number of hydrogen-bond acceptors (Lipinski definition) is 3. The summed E-state index contributed by atoms with van der Waals surface area (Å²) in [6, 6.07) is 0. The van der Waals surface area contributed by atoms with Gasteiger partial charge in [0.2, 0.25) is 0 Å². The van der Waals surface area contributed by atoms with Crippen molar-refractivity contribution in [3.05, 3.63) is 0 Å². The average molecular weight is 539 g/mol. The van der Waals surface area contributed by atoms with Gasteiger partial charge in [0.15, 0.2) is 0 Å². The number of esters is 1. The summed E-state index contributed by atoms with van der Waals surface area (Å²) in [5.74, 6) is -0.685. The highest BCUT2D eigenvalue weighted by molar-refractivity contribution is 5.69. The number of carbonyl (C=O) groups excluding carboxylic acids is 1. The number of carboxylic acids is 1. The molecule has 0 aromatic rings. The molecular weight excluding hydrogens is 472 g/mol. The van der Waals surface area contributed by atoms with Crippen LogP contribution in [0.25, 0.3) is 0 Å². The normalized spacial score (nSPS) is 12.1. The largest absolute Gasteiger partial charge is 0.481 e. The Labute approximate surface area is 237 Å². The van der Waals surface area contributed by atoms with Crippen LogP contribution in [0.3, 0.4) is 0 Å². The van der Waals surface area contributed by atoms with Crippen molar-refractivity contribution < 1.29 is 19.4 Å². The fourth-order valence-electron chi connectivity index (χ4n) is 5.29. The minimum absolute atomic E-state index is 0.000768. The summed E-state index contributed by atoms with van der Waals surface area (Å²) >= 11 is 0. The van der Waals surface area contributed by atoms with Gasteiger partial charge in [-0.15, -0.1) is 0 Å². The second-order valence-electron chi connectivity index (χ2n) is 11.7. The van der Waals surface area contributed by atoms with Crippen molar-refractivity contribution in [2.75, 3.05) is 0 Å². The number of carboxylic acid groups (broad SMARTS) is 1. The maximum atomic E-state index is 12.2. The molecule has 0 heterocycles. The maximum Gasteiger partial charge on any atom is 0.306 e. The predicted octanol–water partition coefficient (Wildman–Crippen LogP) is 11.3. The first-order chi connectivity index (χ1) is 18.6. The maximum absolute atomic E-state index is 12.2. The summed E-state index contributed by atoms with van der Waals surface area (Å²) < 4.78 is 5.73. The van der Waals surface area contributed by atoms with E-state index in [2.05, 4.69) is 13.8 Å². The third-order valence-corrected chi connectivity index (χ3v) is 7.90. The van der Waals surface area contributed by atoms with Crippen LogP contribution < -0.4 is 0 Å². The van der Waals surface area contributed by atoms with Crippen molar-refractivity contribution in [2.24, 2.45) is 0 Å². The molecule has 0 radical (unpaired) electrons. The molecule has 38 heavy (non-hydrogen) atoms. The standard InChI is InChI=1S/C34H66O4/c1-3-5-6-7-8-9-10-11-12-13-14-15-16-17-22-25-28-31-34(37)38-32(4-2)29-26-23-20-18-19-21-24-27-30-33(35)36/h32H,3-31H2,1-2H3,(H,35,36). The molecule has 0 saturated heterocycles. The number of hydrogen-bond donors (Lipinski definition) is 1. The summed E-state index contributed by atoms with van der Waals surface area (Å²) in [5, 5.41) is 8.65. The predicted molar refractivity (Wildman–Crippen MR) is 163 cm³/mol. The second kappa shape index (κ2) is 30.5. The van der Waals surface area contributed by atoms with Gasteiger partial charge >= 0.3 is 11.9 Å². The molecule has 1 atom stereocenters. The van der Waals surface area contributed by atoms with Crippen molar-refractivity contribution in [2.45, 2.75) is 206 Å². The number of carbonyl (C=O) groups is 2. The van der Waals surface area contributed by atoms with Crippen molar-refractivity contribution in [3.8, 4) is 0 Å². The molecule has 0 aliphatic heterocycles. The van der Waals surface area contributed by atoms with E-state index < -0.39 is 5.97 Å². The molecule has 1 N–H and O–H groups in total. The Morgan fingerprint density at radius 3 is 1.21 bits per heavy atom. The van der Waals surface area contributed by atoms with Gasteiger partial charge in [-0.05, 0) is 32.1 Å². The highest BCUT2D eigenvalue weighted by Gasteiger charge is 2.12. The van der Waals surface area contributed by atoms with Crippen LogP contribution in [0.1, 0.15) is 200 Å². The lowest BCUT2D eigenvalue weighted by atomic mass is 10.0. The number of rotatable bonds is 31. The minimum atomic E-state index is -0.684. The zero-order chi connectivity index (χ0) is 27.9. The zero-order valence-electron chi connectivity index (χ0n) is 25.8. The van der Waals surface area contributed by atoms with Crippen LogP contribution in [0.5, 0.6) is 0 Å². The minimum Gasteiger partial charge on any atom is -0.481 e. The molecule has 0 bridgehead atoms. The van der Waals surface area contributed by atoms with Gasteiger partial charge in [-0.2, -0.15) is 0 Å². The van der Waals surface area contributed by atoms with Crippen molar-refractivity contribution in [1.82, 2.24) is 0 Å². The van der Waals surface area contributed by atoms with Gasteiger partial charge in [-0.25, -0.2) is 0 Å². The Bertz CT molecular complexity index is 505. The van der Waals surface area contributed by atoms with Gasteiger partial charge in [0.1, 0.15) is 6.10 Å². The van der Waals surface area contributed by atoms with Gasteiger partial charge in [0, 0.05) is 12.8 Å². The van der Waals surface area contributed by atoms with E-state index in [-0.39, 0.29) is 12.1 Å². The summed E-state index contributed by atoms with van der Waals surface area (Å²) in [6.07, 6.45) is 34.9. The van der Waals surface area contributed by atoms with E-state index in [0.29, 0.717) is 12.8 Å². The van der Waals surface area contributed by atoms with Gasteiger partial charge < -0.3 is 9.84 Å². The second-order valence-corrected chi connectivity index (χ2v) is 11.7. The topological polar surface area (TPSA) is 63.6 Å². The molecule has 226 valence electrons. The molecule has 0 aliphatic carbocycles. The first-order valence-electron chi connectivity index (χ1n) is 17.0. The van der Waals surface area contributed by atoms with Crippen LogP contribution in [0.2, 0.25) is 0 Å². The Hall–Kier alpha value is -1.06. The molecule has 4 nitrogen and oxygen atoms in total. The van der Waals surface area contributed by atoms with E-state index in [9.17, 15) is 9.59 Å². The fraction of sp³-hybridized carbons (Fsp3) is 0.941. The van der Waals surface area contributed by atoms with Crippen LogP contribution in [-0.2, 0) is 14.3 Å². The van der Waals surface area contributed by atoms with Crippen LogP contribution in [0.4, 0.5) is 0 Å². The fourth-order valence-corrected chi connectivity index (χ4v) is 5.29. The molecule has 0 rings (SSSR count). The molecular formula is C34H66O4. The summed E-state index contributed by atoms with van der Waals surface area (Å²) in [5.41, 5.74) is 0. The molecule has 0 amide bonds. The smallest absolute Gasteiger partial charge is 0.306 e. The molecule has 1 unspecified atom stereocenters. The van der Waals surface area contributed by atoms with E-state index in [1.165, 1.54) is 122 Å². The van der Waals surface area contributed by atoms with Gasteiger partial charge in [0.05, 0.1) is 0 Å². The number of unbranched alkanes of at least 4 members (excludes halogenated alkanes) is 23. The van der Waals surface area contributed by atoms with E-state index in [1.54, 1.807) is 0 Å². The summed E-state index contributed by atoms with van der Waals surface area (Å²) in [6.45, 7) is 4.40. The van der Waals surface area contributed by atoms with E-state index in [1.807, 2.05) is 0 Å². The molecule has 0 aromatic carbocycles. The molecule has 0 aromatic heterocycles. The first-order valence-corrected chi connectivity index (χ1v) is 17.0. The monoisotopic (exact) mass is 538 g/mol. The Kier molecular flexibility index (Phi) is 29.6. The lowest BCUT2D eigenvalue weighted by molar-refractivity contribution is -0.149. The quantitative estimate of drug-likeness (QED) is 0.0704. The third kappa shape index (κ3) is 29.5. The lowest BCUT2D eigenvalue weighted by Crippen LogP contribution is -2.17. The van der Waals surface area contributed by atoms with Gasteiger partial charge in [-0.1, -0.05) is 155 Å². The van der Waals surface area contributed by atoms with Crippen LogP contribution in [-0.4, -0.2) is 23.1 Å². The average Bonchev–Trinajstić information content (AvgIpc) is 2.90. The first kappa shape index (κ1) is 36.9. The molecule has 0 fully saturated rings. The summed E-state index contributed by atoms with van der Waals surface area (Å²) in [4.78, 5) is 22.7. The van der Waals surface area contributed by atoms with Gasteiger partial charge in [0.25, 0.3) is 0 Å². The van der Waals surface area contributed by atoms with Crippen LogP contribution in [0, 0.1) is 0 Å². The van der Waals surface area contributed by atoms with E-state index in [4.69, 9.17) is 9.84 Å². The van der Waals surface area contributed by atoms with Crippen LogP contribution >= 0.6 is 0 Å². The highest BCUT2D eigenvalue weighted by Crippen LogP contribution is 2.17. The highest BCUT2D eigenvalue weighted by atomic mass is 16.5. The Morgan fingerprint density at radius 1 is 0.500 bits per heavy atom. The molecule has 0 saturated carbocycles. The third-order valence-electron chi connectivity index (χ3n) is 7.90. The number of ether oxygens (including phenoxy) is 1.